The first-order valence-corrected chi connectivity index (χ1v) is 13.8. The van der Waals surface area contributed by atoms with Crippen LogP contribution in [0.15, 0.2) is 72.8 Å². The van der Waals surface area contributed by atoms with Crippen LogP contribution in [0.25, 0.3) is 0 Å². The van der Waals surface area contributed by atoms with Gasteiger partial charge in [-0.2, -0.15) is 0 Å². The van der Waals surface area contributed by atoms with Gasteiger partial charge in [-0.15, -0.1) is 0 Å². The number of rotatable bonds is 6. The Balaban J connectivity index is 1.38. The first-order valence-electron chi connectivity index (χ1n) is 13.8. The zero-order valence-corrected chi connectivity index (χ0v) is 22.8. The summed E-state index contributed by atoms with van der Waals surface area (Å²) in [7, 11) is 0. The number of aliphatic hydroxyl groups is 1. The number of aliphatic hydroxyl groups excluding tert-OH is 1. The maximum absolute atomic E-state index is 14.0. The summed E-state index contributed by atoms with van der Waals surface area (Å²) in [5.41, 5.74) is 1.17. The molecule has 220 valence electrons. The molecule has 3 aliphatic heterocycles. The minimum Gasteiger partial charge on any atom is -0.445 e. The first-order chi connectivity index (χ1) is 20.3. The monoisotopic (exact) mass is 576 g/mol. The molecule has 2 fully saturated rings. The Bertz CT molecular complexity index is 1350. The second kappa shape index (κ2) is 12.9. The number of carbonyl (C=O) groups excluding carboxylic acids is 5. The Morgan fingerprint density at radius 1 is 0.929 bits per heavy atom. The lowest BCUT2D eigenvalue weighted by atomic mass is 9.96. The van der Waals surface area contributed by atoms with E-state index in [-0.39, 0.29) is 32.5 Å². The van der Waals surface area contributed by atoms with Crippen LogP contribution in [0.5, 0.6) is 0 Å². The Labute approximate surface area is 242 Å². The Morgan fingerprint density at radius 3 is 2.31 bits per heavy atom. The van der Waals surface area contributed by atoms with E-state index in [9.17, 15) is 29.1 Å². The van der Waals surface area contributed by atoms with E-state index in [1.54, 1.807) is 36.4 Å². The number of amides is 4. The highest BCUT2D eigenvalue weighted by molar-refractivity contribution is 5.99. The number of nitrogens with one attached hydrogen (secondary N) is 2. The third kappa shape index (κ3) is 6.60. The smallest absolute Gasteiger partial charge is 0.410 e. The van der Waals surface area contributed by atoms with Gasteiger partial charge in [0.15, 0.2) is 0 Å². The predicted molar refractivity (Wildman–Crippen MR) is 147 cm³/mol. The van der Waals surface area contributed by atoms with E-state index in [2.05, 4.69) is 10.6 Å². The molecule has 3 N–H and O–H groups in total. The number of hydrogen-bond acceptors (Lipinski definition) is 8. The summed E-state index contributed by atoms with van der Waals surface area (Å²) in [5, 5.41) is 15.4. The highest BCUT2D eigenvalue weighted by Crippen LogP contribution is 2.25. The van der Waals surface area contributed by atoms with Crippen molar-refractivity contribution >= 4 is 29.8 Å². The number of fused-ring (bicyclic) bond motifs is 1. The van der Waals surface area contributed by atoms with E-state index in [1.165, 1.54) is 9.80 Å². The normalized spacial score (nSPS) is 25.5. The van der Waals surface area contributed by atoms with Gasteiger partial charge >= 0.3 is 12.1 Å². The van der Waals surface area contributed by atoms with Crippen LogP contribution in [0.3, 0.4) is 0 Å². The van der Waals surface area contributed by atoms with Crippen LogP contribution < -0.4 is 10.6 Å². The summed E-state index contributed by atoms with van der Waals surface area (Å²) in [6, 6.07) is 13.8. The van der Waals surface area contributed by atoms with E-state index in [0.717, 1.165) is 5.56 Å². The minimum atomic E-state index is -1.53. The summed E-state index contributed by atoms with van der Waals surface area (Å²) < 4.78 is 10.3. The average Bonchev–Trinajstić information content (AvgIpc) is 3.32. The quantitative estimate of drug-likeness (QED) is 0.341. The van der Waals surface area contributed by atoms with Gasteiger partial charge in [0.05, 0.1) is 19.0 Å². The van der Waals surface area contributed by atoms with E-state index in [4.69, 9.17) is 9.47 Å². The highest BCUT2D eigenvalue weighted by Gasteiger charge is 2.46. The maximum Gasteiger partial charge on any atom is 0.410 e. The summed E-state index contributed by atoms with van der Waals surface area (Å²) in [4.78, 5) is 68.1. The molecule has 5 rings (SSSR count). The Kier molecular flexibility index (Phi) is 8.82. The number of benzene rings is 2. The molecule has 5 atom stereocenters. The topological polar surface area (TPSA) is 155 Å². The van der Waals surface area contributed by atoms with Crippen LogP contribution in [-0.2, 0) is 30.5 Å². The van der Waals surface area contributed by atoms with Crippen molar-refractivity contribution in [1.29, 1.82) is 0 Å². The number of esters is 1. The standard InChI is InChI=1S/C30H32N4O8/c35-25-15-23(29(39)42-25)32-27(37)24-17-33(30(40)41-18-19-9-3-1-4-10-19)16-21-13-7-8-14-22(28(38)34(21)24)31-26(36)20-11-5-2-6-12-20/h1-12,21-24,29,39H,13-18H2,(H,31,36)(H,32,37)/t21-,22-,23?,24-,29?/m0/s1. The van der Waals surface area contributed by atoms with Crippen molar-refractivity contribution in [1.82, 2.24) is 20.4 Å². The maximum atomic E-state index is 14.0. The molecular weight excluding hydrogens is 544 g/mol. The molecule has 0 aromatic heterocycles. The van der Waals surface area contributed by atoms with Gasteiger partial charge < -0.3 is 35.0 Å². The summed E-state index contributed by atoms with van der Waals surface area (Å²) in [6.45, 7) is -0.0651. The van der Waals surface area contributed by atoms with Crippen molar-refractivity contribution in [2.75, 3.05) is 13.1 Å². The molecule has 2 unspecified atom stereocenters. The van der Waals surface area contributed by atoms with E-state index in [1.807, 2.05) is 36.4 Å². The third-order valence-corrected chi connectivity index (χ3v) is 7.47. The molecule has 0 saturated carbocycles. The fourth-order valence-electron chi connectivity index (χ4n) is 5.32. The lowest BCUT2D eigenvalue weighted by molar-refractivity contribution is -0.156. The van der Waals surface area contributed by atoms with Crippen molar-refractivity contribution in [3.63, 3.8) is 0 Å². The number of piperazine rings is 1. The zero-order chi connectivity index (χ0) is 29.6. The second-order valence-electron chi connectivity index (χ2n) is 10.4. The van der Waals surface area contributed by atoms with Gasteiger partial charge in [-0.3, -0.25) is 19.2 Å². The van der Waals surface area contributed by atoms with Gasteiger partial charge in [0.2, 0.25) is 18.1 Å². The third-order valence-electron chi connectivity index (χ3n) is 7.47. The number of hydrogen-bond donors (Lipinski definition) is 3. The van der Waals surface area contributed by atoms with Crippen LogP contribution in [0.2, 0.25) is 0 Å². The number of carbonyl (C=O) groups is 5. The lowest BCUT2D eigenvalue weighted by Crippen LogP contribution is -2.68. The molecule has 42 heavy (non-hydrogen) atoms. The zero-order valence-electron chi connectivity index (χ0n) is 22.8. The number of ether oxygens (including phenoxy) is 2. The molecule has 3 heterocycles. The molecule has 2 saturated heterocycles. The lowest BCUT2D eigenvalue weighted by Gasteiger charge is -2.47. The van der Waals surface area contributed by atoms with Crippen LogP contribution in [0, 0.1) is 0 Å². The first kappa shape index (κ1) is 28.8. The number of cyclic esters (lactones) is 1. The van der Waals surface area contributed by atoms with Crippen LogP contribution in [0.4, 0.5) is 4.79 Å². The van der Waals surface area contributed by atoms with Crippen molar-refractivity contribution < 1.29 is 38.6 Å². The van der Waals surface area contributed by atoms with Crippen LogP contribution >= 0.6 is 0 Å². The predicted octanol–water partition coefficient (Wildman–Crippen LogP) is 1.10. The van der Waals surface area contributed by atoms with Gasteiger partial charge in [-0.05, 0) is 30.5 Å². The van der Waals surface area contributed by atoms with Gasteiger partial charge in [0.1, 0.15) is 24.7 Å². The highest BCUT2D eigenvalue weighted by atomic mass is 16.6. The second-order valence-corrected chi connectivity index (χ2v) is 10.4. The summed E-state index contributed by atoms with van der Waals surface area (Å²) >= 11 is 0. The fraction of sp³-hybridized carbons (Fsp3) is 0.367. The van der Waals surface area contributed by atoms with E-state index < -0.39 is 60.2 Å². The van der Waals surface area contributed by atoms with Crippen molar-refractivity contribution in [2.24, 2.45) is 0 Å². The molecule has 4 amide bonds. The van der Waals surface area contributed by atoms with Crippen molar-refractivity contribution in [3.8, 4) is 0 Å². The molecular formula is C30H32N4O8. The van der Waals surface area contributed by atoms with E-state index >= 15 is 0 Å². The molecule has 12 heteroatoms. The van der Waals surface area contributed by atoms with Gasteiger partial charge in [0, 0.05) is 12.1 Å². The summed E-state index contributed by atoms with van der Waals surface area (Å²) in [6.07, 6.45) is 1.79. The summed E-state index contributed by atoms with van der Waals surface area (Å²) in [5.74, 6) is -2.26. The van der Waals surface area contributed by atoms with Gasteiger partial charge in [-0.25, -0.2) is 4.79 Å². The molecule has 0 spiro atoms. The SMILES string of the molecule is O=C1CC(NC(=O)[C@@H]2CN(C(=O)OCc3ccccc3)C[C@@H]3CC=CC[C@H](NC(=O)c4ccccc4)C(=O)N32)C(O)O1. The van der Waals surface area contributed by atoms with Crippen LogP contribution in [0.1, 0.15) is 35.2 Å². The Morgan fingerprint density at radius 2 is 1.62 bits per heavy atom. The molecule has 12 nitrogen and oxygen atoms in total. The van der Waals surface area contributed by atoms with Crippen molar-refractivity contribution in [3.05, 3.63) is 83.9 Å². The molecule has 0 bridgehead atoms. The van der Waals surface area contributed by atoms with Gasteiger partial charge in [-0.1, -0.05) is 60.7 Å². The Hall–Kier alpha value is -4.71. The van der Waals surface area contributed by atoms with E-state index in [0.29, 0.717) is 12.0 Å². The molecule has 0 aliphatic carbocycles. The average molecular weight is 577 g/mol. The molecule has 3 aliphatic rings. The largest absolute Gasteiger partial charge is 0.445 e. The van der Waals surface area contributed by atoms with Crippen molar-refractivity contribution in [2.45, 2.75) is 56.3 Å². The molecule has 2 aromatic carbocycles. The number of nitrogens with zero attached hydrogens (tertiary/aromatic N) is 2. The molecule has 2 aromatic rings. The van der Waals surface area contributed by atoms with Gasteiger partial charge in [0.25, 0.3) is 5.91 Å². The fourth-order valence-corrected chi connectivity index (χ4v) is 5.32. The molecule has 0 radical (unpaired) electrons. The minimum absolute atomic E-state index is 0.0293. The van der Waals surface area contributed by atoms with Crippen LogP contribution in [-0.4, -0.2) is 88.2 Å².